The van der Waals surface area contributed by atoms with Crippen LogP contribution in [0.3, 0.4) is 0 Å². The monoisotopic (exact) mass is 372 g/mol. The van der Waals surface area contributed by atoms with Gasteiger partial charge in [-0.2, -0.15) is 0 Å². The summed E-state index contributed by atoms with van der Waals surface area (Å²) in [5, 5.41) is 4.86. The number of anilines is 1. The molecule has 0 aliphatic carbocycles. The molecule has 1 N–H and O–H groups in total. The van der Waals surface area contributed by atoms with Crippen LogP contribution in [0.1, 0.15) is 22.9 Å². The summed E-state index contributed by atoms with van der Waals surface area (Å²) < 4.78 is 0. The van der Waals surface area contributed by atoms with Crippen LogP contribution in [0.4, 0.5) is 5.82 Å². The minimum Gasteiger partial charge on any atom is -0.337 e. The van der Waals surface area contributed by atoms with Crippen LogP contribution in [0.25, 0.3) is 0 Å². The van der Waals surface area contributed by atoms with Gasteiger partial charge in [-0.25, -0.2) is 4.98 Å². The molecule has 2 aromatic heterocycles. The predicted octanol–water partition coefficient (Wildman–Crippen LogP) is 2.30. The van der Waals surface area contributed by atoms with Crippen molar-refractivity contribution in [3.8, 4) is 0 Å². The van der Waals surface area contributed by atoms with E-state index in [4.69, 9.17) is 0 Å². The lowest BCUT2D eigenvalue weighted by molar-refractivity contribution is -0.137. The maximum absolute atomic E-state index is 12.8. The summed E-state index contributed by atoms with van der Waals surface area (Å²) in [6.07, 6.45) is 2.57. The summed E-state index contributed by atoms with van der Waals surface area (Å²) in [5.74, 6) is 0.415. The van der Waals surface area contributed by atoms with Gasteiger partial charge < -0.3 is 10.2 Å². The van der Waals surface area contributed by atoms with Crippen LogP contribution in [0.5, 0.6) is 0 Å². The molecule has 0 radical (unpaired) electrons. The lowest BCUT2D eigenvalue weighted by Crippen LogP contribution is -2.48. The first-order chi connectivity index (χ1) is 12.4. The molecule has 0 saturated carbocycles. The fourth-order valence-electron chi connectivity index (χ4n) is 3.04. The van der Waals surface area contributed by atoms with Crippen molar-refractivity contribution < 1.29 is 9.59 Å². The summed E-state index contributed by atoms with van der Waals surface area (Å²) in [5.41, 5.74) is 2.28. The first kappa shape index (κ1) is 18.5. The molecule has 1 aliphatic rings. The normalized spacial score (nSPS) is 14.8. The molecule has 0 bridgehead atoms. The highest BCUT2D eigenvalue weighted by Gasteiger charge is 2.28. The summed E-state index contributed by atoms with van der Waals surface area (Å²) in [4.78, 5) is 34.2. The molecular weight excluding hydrogens is 348 g/mol. The first-order valence-electron chi connectivity index (χ1n) is 8.71. The van der Waals surface area contributed by atoms with Crippen molar-refractivity contribution >= 4 is 29.0 Å². The lowest BCUT2D eigenvalue weighted by atomic mass is 10.1. The Morgan fingerprint density at radius 2 is 2.23 bits per heavy atom. The number of pyridine rings is 1. The highest BCUT2D eigenvalue weighted by atomic mass is 32.1. The van der Waals surface area contributed by atoms with Crippen molar-refractivity contribution in [2.75, 3.05) is 25.5 Å². The number of rotatable bonds is 5. The Morgan fingerprint density at radius 3 is 3.00 bits per heavy atom. The SMILES string of the molecule is Cc1ccnc(NC(=O)CN(C)C(C)C(=O)N2CCc3sccc3C2)c1. The van der Waals surface area contributed by atoms with Gasteiger partial charge >= 0.3 is 0 Å². The minimum atomic E-state index is -0.355. The van der Waals surface area contributed by atoms with Crippen molar-refractivity contribution in [2.24, 2.45) is 0 Å². The Balaban J connectivity index is 1.54. The van der Waals surface area contributed by atoms with Crippen molar-refractivity contribution in [1.29, 1.82) is 0 Å². The van der Waals surface area contributed by atoms with E-state index in [1.807, 2.05) is 30.9 Å². The topological polar surface area (TPSA) is 65.5 Å². The quantitative estimate of drug-likeness (QED) is 0.875. The van der Waals surface area contributed by atoms with Crippen molar-refractivity contribution in [3.05, 3.63) is 45.8 Å². The molecule has 138 valence electrons. The van der Waals surface area contributed by atoms with Crippen molar-refractivity contribution in [3.63, 3.8) is 0 Å². The molecule has 0 aromatic carbocycles. The highest BCUT2D eigenvalue weighted by molar-refractivity contribution is 7.10. The fourth-order valence-corrected chi connectivity index (χ4v) is 3.93. The van der Waals surface area contributed by atoms with Gasteiger partial charge in [0.2, 0.25) is 11.8 Å². The summed E-state index contributed by atoms with van der Waals surface area (Å²) >= 11 is 1.76. The molecule has 0 fully saturated rings. The third-order valence-electron chi connectivity index (χ3n) is 4.71. The fraction of sp³-hybridized carbons (Fsp3) is 0.421. The number of hydrogen-bond donors (Lipinski definition) is 1. The molecule has 3 rings (SSSR count). The second-order valence-corrected chi connectivity index (χ2v) is 7.74. The molecule has 7 heteroatoms. The van der Waals surface area contributed by atoms with E-state index in [0.717, 1.165) is 18.5 Å². The van der Waals surface area contributed by atoms with Gasteiger partial charge in [-0.1, -0.05) is 0 Å². The van der Waals surface area contributed by atoms with E-state index in [1.165, 1.54) is 10.4 Å². The van der Waals surface area contributed by atoms with Gasteiger partial charge in [0.05, 0.1) is 12.6 Å². The van der Waals surface area contributed by atoms with Crippen LogP contribution in [-0.2, 0) is 22.6 Å². The van der Waals surface area contributed by atoms with Crippen molar-refractivity contribution in [2.45, 2.75) is 32.9 Å². The number of aromatic nitrogens is 1. The number of hydrogen-bond acceptors (Lipinski definition) is 5. The van der Waals surface area contributed by atoms with Crippen molar-refractivity contribution in [1.82, 2.24) is 14.8 Å². The number of nitrogens with zero attached hydrogens (tertiary/aromatic N) is 3. The van der Waals surface area contributed by atoms with Crippen LogP contribution in [0.15, 0.2) is 29.8 Å². The van der Waals surface area contributed by atoms with Gasteiger partial charge in [0.1, 0.15) is 5.82 Å². The van der Waals surface area contributed by atoms with Gasteiger partial charge in [-0.3, -0.25) is 14.5 Å². The average Bonchev–Trinajstić information content (AvgIpc) is 3.07. The number of likely N-dealkylation sites (N-methyl/N-ethyl adjacent to an activating group) is 1. The Labute approximate surface area is 157 Å². The minimum absolute atomic E-state index is 0.0610. The van der Waals surface area contributed by atoms with Crippen LogP contribution in [0, 0.1) is 6.92 Å². The zero-order valence-electron chi connectivity index (χ0n) is 15.4. The smallest absolute Gasteiger partial charge is 0.239 e. The number of thiophene rings is 1. The van der Waals surface area contributed by atoms with E-state index >= 15 is 0 Å². The molecule has 6 nitrogen and oxygen atoms in total. The van der Waals surface area contributed by atoms with Gasteiger partial charge in [0, 0.05) is 24.2 Å². The molecule has 0 spiro atoms. The van der Waals surface area contributed by atoms with Gasteiger partial charge in [0.15, 0.2) is 0 Å². The van der Waals surface area contributed by atoms with Crippen LogP contribution >= 0.6 is 11.3 Å². The maximum atomic E-state index is 12.8. The number of carbonyl (C=O) groups excluding carboxylic acids is 2. The Hall–Kier alpha value is -2.25. The number of fused-ring (bicyclic) bond motifs is 1. The summed E-state index contributed by atoms with van der Waals surface area (Å²) in [6, 6.07) is 5.43. The summed E-state index contributed by atoms with van der Waals surface area (Å²) in [7, 11) is 1.80. The third kappa shape index (κ3) is 4.28. The second kappa shape index (κ2) is 7.97. The largest absolute Gasteiger partial charge is 0.337 e. The Morgan fingerprint density at radius 1 is 1.42 bits per heavy atom. The molecule has 1 unspecified atom stereocenters. The van der Waals surface area contributed by atoms with E-state index in [-0.39, 0.29) is 24.4 Å². The maximum Gasteiger partial charge on any atom is 0.239 e. The highest BCUT2D eigenvalue weighted by Crippen LogP contribution is 2.24. The molecule has 2 aromatic rings. The number of nitrogens with one attached hydrogen (secondary N) is 1. The van der Waals surface area contributed by atoms with Crippen LogP contribution < -0.4 is 5.32 Å². The number of carbonyl (C=O) groups is 2. The Kier molecular flexibility index (Phi) is 5.68. The van der Waals surface area contributed by atoms with E-state index in [0.29, 0.717) is 12.4 Å². The number of aryl methyl sites for hydroxylation is 1. The number of amides is 2. The molecule has 1 aliphatic heterocycles. The molecule has 2 amide bonds. The van der Waals surface area contributed by atoms with E-state index in [2.05, 4.69) is 21.7 Å². The van der Waals surface area contributed by atoms with E-state index in [9.17, 15) is 9.59 Å². The lowest BCUT2D eigenvalue weighted by Gasteiger charge is -2.32. The van der Waals surface area contributed by atoms with E-state index in [1.54, 1.807) is 29.5 Å². The second-order valence-electron chi connectivity index (χ2n) is 6.74. The molecule has 0 saturated heterocycles. The molecule has 3 heterocycles. The molecule has 1 atom stereocenters. The molecular formula is C19H24N4O2S. The first-order valence-corrected chi connectivity index (χ1v) is 9.59. The summed E-state index contributed by atoms with van der Waals surface area (Å²) in [6.45, 7) is 5.34. The Bertz CT molecular complexity index is 804. The van der Waals surface area contributed by atoms with Gasteiger partial charge in [-0.05, 0) is 62.0 Å². The zero-order valence-corrected chi connectivity index (χ0v) is 16.2. The van der Waals surface area contributed by atoms with E-state index < -0.39 is 0 Å². The standard InChI is InChI=1S/C19H24N4O2S/c1-13-4-7-20-17(10-13)21-18(24)12-22(3)14(2)19(25)23-8-5-16-15(11-23)6-9-26-16/h4,6-7,9-10,14H,5,8,11-12H2,1-3H3,(H,20,21,24). The molecule has 26 heavy (non-hydrogen) atoms. The van der Waals surface area contributed by atoms with Gasteiger partial charge in [0.25, 0.3) is 0 Å². The predicted molar refractivity (Wildman–Crippen MR) is 103 cm³/mol. The third-order valence-corrected chi connectivity index (χ3v) is 5.74. The van der Waals surface area contributed by atoms with Crippen LogP contribution in [-0.4, -0.2) is 52.8 Å². The van der Waals surface area contributed by atoms with Crippen LogP contribution in [0.2, 0.25) is 0 Å². The van der Waals surface area contributed by atoms with Gasteiger partial charge in [-0.15, -0.1) is 11.3 Å². The average molecular weight is 372 g/mol. The zero-order chi connectivity index (χ0) is 18.7.